The zero-order chi connectivity index (χ0) is 26.0. The van der Waals surface area contributed by atoms with Crippen LogP contribution in [-0.2, 0) is 16.6 Å². The predicted molar refractivity (Wildman–Crippen MR) is 122 cm³/mol. The number of halogens is 2. The van der Waals surface area contributed by atoms with Crippen molar-refractivity contribution < 1.29 is 23.1 Å². The standard InChI is InChI=1S/C23H22F2N8O3/c1-12(16-6-14(24)10-28-19(16)25)36-22(35)30-20-18(31-32-33(20)3)17-5-4-15(11-27-17)29-21(34)23(2)7-13(8-23)9-26/h4-6,10-13H,7-8H2,1-3H3,(H,29,34)(H,30,35)/t12-,13?,23?/m1/s1. The van der Waals surface area contributed by atoms with E-state index in [4.69, 9.17) is 10.00 Å². The Morgan fingerprint density at radius 1 is 1.25 bits per heavy atom. The zero-order valence-corrected chi connectivity index (χ0v) is 19.6. The first-order valence-corrected chi connectivity index (χ1v) is 11.0. The Morgan fingerprint density at radius 2 is 2.00 bits per heavy atom. The van der Waals surface area contributed by atoms with E-state index in [0.29, 0.717) is 24.2 Å². The molecular formula is C23H22F2N8O3. The number of hydrogen-bond donors (Lipinski definition) is 2. The van der Waals surface area contributed by atoms with Gasteiger partial charge in [0.25, 0.3) is 0 Å². The second-order valence-electron chi connectivity index (χ2n) is 8.80. The Hall–Kier alpha value is -4.47. The van der Waals surface area contributed by atoms with Crippen molar-refractivity contribution in [3.8, 4) is 17.5 Å². The summed E-state index contributed by atoms with van der Waals surface area (Å²) in [5.41, 5.74) is 0.225. The molecule has 11 nitrogen and oxygen atoms in total. The lowest BCUT2D eigenvalue weighted by Gasteiger charge is -2.40. The Balaban J connectivity index is 1.43. The molecule has 0 radical (unpaired) electrons. The summed E-state index contributed by atoms with van der Waals surface area (Å²) in [4.78, 5) is 32.6. The smallest absolute Gasteiger partial charge is 0.413 e. The number of aromatic nitrogens is 5. The second-order valence-corrected chi connectivity index (χ2v) is 8.80. The molecule has 0 aliphatic heterocycles. The highest BCUT2D eigenvalue weighted by molar-refractivity contribution is 5.96. The Labute approximate surface area is 204 Å². The van der Waals surface area contributed by atoms with Crippen LogP contribution in [0.1, 0.15) is 38.4 Å². The fraction of sp³-hybridized carbons (Fsp3) is 0.348. The van der Waals surface area contributed by atoms with E-state index in [2.05, 4.69) is 37.0 Å². The van der Waals surface area contributed by atoms with Crippen molar-refractivity contribution in [1.82, 2.24) is 25.0 Å². The van der Waals surface area contributed by atoms with Gasteiger partial charge in [0.15, 0.2) is 11.5 Å². The number of carbonyl (C=O) groups is 2. The molecule has 1 fully saturated rings. The van der Waals surface area contributed by atoms with Gasteiger partial charge in [-0.15, -0.1) is 5.10 Å². The van der Waals surface area contributed by atoms with Crippen molar-refractivity contribution in [3.05, 3.63) is 47.9 Å². The Kier molecular flexibility index (Phi) is 6.61. The van der Waals surface area contributed by atoms with Gasteiger partial charge in [0.05, 0.1) is 35.4 Å². The van der Waals surface area contributed by atoms with Gasteiger partial charge in [-0.1, -0.05) is 12.1 Å². The third kappa shape index (κ3) is 4.97. The molecule has 186 valence electrons. The maximum Gasteiger partial charge on any atom is 0.413 e. The molecule has 0 unspecified atom stereocenters. The first kappa shape index (κ1) is 24.6. The van der Waals surface area contributed by atoms with E-state index >= 15 is 0 Å². The quantitative estimate of drug-likeness (QED) is 0.491. The average Bonchev–Trinajstić information content (AvgIpc) is 3.18. The van der Waals surface area contributed by atoms with E-state index in [1.165, 1.54) is 24.9 Å². The van der Waals surface area contributed by atoms with Gasteiger partial charge in [-0.25, -0.2) is 18.9 Å². The monoisotopic (exact) mass is 496 g/mol. The summed E-state index contributed by atoms with van der Waals surface area (Å²) in [6, 6.07) is 6.28. The third-order valence-electron chi connectivity index (χ3n) is 5.99. The molecule has 1 atom stereocenters. The van der Waals surface area contributed by atoms with E-state index in [1.54, 1.807) is 12.1 Å². The number of anilines is 2. The normalized spacial score (nSPS) is 19.5. The number of nitrogens with one attached hydrogen (secondary N) is 2. The minimum atomic E-state index is -1.13. The second kappa shape index (κ2) is 9.65. The summed E-state index contributed by atoms with van der Waals surface area (Å²) in [6.07, 6.45) is 1.10. The van der Waals surface area contributed by atoms with Crippen molar-refractivity contribution in [1.29, 1.82) is 5.26 Å². The van der Waals surface area contributed by atoms with Crippen LogP contribution in [0.3, 0.4) is 0 Å². The average molecular weight is 496 g/mol. The number of ether oxygens (including phenoxy) is 1. The molecule has 0 spiro atoms. The molecule has 1 saturated carbocycles. The van der Waals surface area contributed by atoms with E-state index in [9.17, 15) is 18.4 Å². The van der Waals surface area contributed by atoms with E-state index in [0.717, 1.165) is 12.3 Å². The molecule has 1 aliphatic carbocycles. The van der Waals surface area contributed by atoms with Gasteiger partial charge in [0, 0.05) is 18.4 Å². The summed E-state index contributed by atoms with van der Waals surface area (Å²) in [5, 5.41) is 22.1. The number of amides is 2. The van der Waals surface area contributed by atoms with Crippen LogP contribution in [0.5, 0.6) is 0 Å². The Morgan fingerprint density at radius 3 is 2.67 bits per heavy atom. The van der Waals surface area contributed by atoms with Gasteiger partial charge in [0.2, 0.25) is 11.9 Å². The lowest BCUT2D eigenvalue weighted by atomic mass is 9.63. The van der Waals surface area contributed by atoms with Gasteiger partial charge < -0.3 is 10.1 Å². The lowest BCUT2D eigenvalue weighted by Crippen LogP contribution is -2.44. The lowest BCUT2D eigenvalue weighted by molar-refractivity contribution is -0.130. The molecule has 36 heavy (non-hydrogen) atoms. The van der Waals surface area contributed by atoms with Gasteiger partial charge in [-0.05, 0) is 38.0 Å². The summed E-state index contributed by atoms with van der Waals surface area (Å²) in [6.45, 7) is 3.19. The zero-order valence-electron chi connectivity index (χ0n) is 19.6. The molecule has 0 bridgehead atoms. The molecule has 2 amide bonds. The molecule has 4 rings (SSSR count). The van der Waals surface area contributed by atoms with Crippen molar-refractivity contribution in [2.24, 2.45) is 18.4 Å². The van der Waals surface area contributed by atoms with Crippen LogP contribution in [0.25, 0.3) is 11.4 Å². The number of nitrogens with zero attached hydrogens (tertiary/aromatic N) is 6. The fourth-order valence-corrected chi connectivity index (χ4v) is 3.94. The van der Waals surface area contributed by atoms with E-state index in [1.807, 2.05) is 6.92 Å². The summed E-state index contributed by atoms with van der Waals surface area (Å²) in [5.74, 6) is -1.86. The van der Waals surface area contributed by atoms with Crippen LogP contribution in [0.2, 0.25) is 0 Å². The molecule has 0 aromatic carbocycles. The summed E-state index contributed by atoms with van der Waals surface area (Å²) in [7, 11) is 1.54. The van der Waals surface area contributed by atoms with Crippen LogP contribution in [0.4, 0.5) is 25.1 Å². The predicted octanol–water partition coefficient (Wildman–Crippen LogP) is 3.74. The molecule has 1 aliphatic rings. The fourth-order valence-electron chi connectivity index (χ4n) is 3.94. The van der Waals surface area contributed by atoms with Crippen molar-refractivity contribution in [2.75, 3.05) is 10.6 Å². The Bertz CT molecular complexity index is 1350. The number of rotatable bonds is 6. The van der Waals surface area contributed by atoms with Crippen molar-refractivity contribution >= 4 is 23.5 Å². The molecule has 0 saturated heterocycles. The van der Waals surface area contributed by atoms with Gasteiger partial charge in [0.1, 0.15) is 11.9 Å². The molecule has 3 aromatic rings. The first-order chi connectivity index (χ1) is 17.1. The largest absolute Gasteiger partial charge is 0.441 e. The number of pyridine rings is 2. The molecule has 3 heterocycles. The third-order valence-corrected chi connectivity index (χ3v) is 5.99. The number of carbonyl (C=O) groups excluding carboxylic acids is 2. The van der Waals surface area contributed by atoms with Gasteiger partial charge in [-0.2, -0.15) is 9.65 Å². The number of hydrogen-bond acceptors (Lipinski definition) is 8. The number of aryl methyl sites for hydroxylation is 1. The van der Waals surface area contributed by atoms with Gasteiger partial charge in [-0.3, -0.25) is 15.1 Å². The minimum absolute atomic E-state index is 0.108. The molecule has 2 N–H and O–H groups in total. The highest BCUT2D eigenvalue weighted by atomic mass is 19.1. The van der Waals surface area contributed by atoms with Crippen LogP contribution in [0, 0.1) is 34.4 Å². The van der Waals surface area contributed by atoms with Crippen molar-refractivity contribution in [3.63, 3.8) is 0 Å². The van der Waals surface area contributed by atoms with Crippen LogP contribution >= 0.6 is 0 Å². The topological polar surface area (TPSA) is 148 Å². The molecule has 3 aromatic heterocycles. The van der Waals surface area contributed by atoms with Crippen molar-refractivity contribution in [2.45, 2.75) is 32.8 Å². The highest BCUT2D eigenvalue weighted by Gasteiger charge is 2.46. The van der Waals surface area contributed by atoms with Crippen LogP contribution in [0.15, 0.2) is 30.6 Å². The summed E-state index contributed by atoms with van der Waals surface area (Å²) < 4.78 is 33.7. The molecular weight excluding hydrogens is 474 g/mol. The van der Waals surface area contributed by atoms with Crippen LogP contribution in [-0.4, -0.2) is 37.0 Å². The van der Waals surface area contributed by atoms with Crippen LogP contribution < -0.4 is 10.6 Å². The summed E-state index contributed by atoms with van der Waals surface area (Å²) >= 11 is 0. The minimum Gasteiger partial charge on any atom is -0.441 e. The highest BCUT2D eigenvalue weighted by Crippen LogP contribution is 2.45. The van der Waals surface area contributed by atoms with E-state index in [-0.39, 0.29) is 28.9 Å². The van der Waals surface area contributed by atoms with Gasteiger partial charge >= 0.3 is 6.09 Å². The number of nitriles is 1. The maximum atomic E-state index is 13.9. The SMILES string of the molecule is C[C@@H](OC(=O)Nc1c(-c2ccc(NC(=O)C3(C)CC(C#N)C3)cn2)nnn1C)c1cc(F)cnc1F. The van der Waals surface area contributed by atoms with E-state index < -0.39 is 29.4 Å². The first-order valence-electron chi connectivity index (χ1n) is 11.0. The maximum absolute atomic E-state index is 13.9. The molecule has 13 heteroatoms.